The van der Waals surface area contributed by atoms with Gasteiger partial charge in [0.15, 0.2) is 6.61 Å². The summed E-state index contributed by atoms with van der Waals surface area (Å²) >= 11 is 0. The van der Waals surface area contributed by atoms with Gasteiger partial charge < -0.3 is 19.5 Å². The van der Waals surface area contributed by atoms with E-state index in [1.54, 1.807) is 24.3 Å². The second kappa shape index (κ2) is 10.6. The van der Waals surface area contributed by atoms with Gasteiger partial charge in [-0.25, -0.2) is 13.2 Å². The maximum atomic E-state index is 12.6. The van der Waals surface area contributed by atoms with E-state index >= 15 is 0 Å². The Balaban J connectivity index is 1.51. The lowest BCUT2D eigenvalue weighted by molar-refractivity contribution is -0.119. The SMILES string of the molecule is CC(C)Oc1ccc(C(=O)OCC(=O)Nc2ccc(S(=O)(=O)N3CCOCC3)cc2)cc1. The van der Waals surface area contributed by atoms with Crippen LogP contribution in [0.5, 0.6) is 5.75 Å². The van der Waals surface area contributed by atoms with Crippen molar-refractivity contribution in [3.05, 3.63) is 54.1 Å². The monoisotopic (exact) mass is 462 g/mol. The summed E-state index contributed by atoms with van der Waals surface area (Å²) < 4.78 is 42.3. The van der Waals surface area contributed by atoms with Crippen molar-refractivity contribution in [2.24, 2.45) is 0 Å². The summed E-state index contributed by atoms with van der Waals surface area (Å²) in [6.45, 7) is 4.66. The predicted molar refractivity (Wildman–Crippen MR) is 117 cm³/mol. The molecule has 1 saturated heterocycles. The lowest BCUT2D eigenvalue weighted by Crippen LogP contribution is -2.40. The van der Waals surface area contributed by atoms with Crippen LogP contribution in [-0.2, 0) is 24.3 Å². The van der Waals surface area contributed by atoms with Gasteiger partial charge in [0, 0.05) is 18.8 Å². The average molecular weight is 463 g/mol. The fraction of sp³-hybridized carbons (Fsp3) is 0.364. The molecule has 32 heavy (non-hydrogen) atoms. The zero-order valence-electron chi connectivity index (χ0n) is 17.9. The number of esters is 1. The summed E-state index contributed by atoms with van der Waals surface area (Å²) in [4.78, 5) is 24.4. The van der Waals surface area contributed by atoms with Crippen LogP contribution in [0, 0.1) is 0 Å². The molecule has 0 bridgehead atoms. The fourth-order valence-corrected chi connectivity index (χ4v) is 4.41. The van der Waals surface area contributed by atoms with Gasteiger partial charge in [0.05, 0.1) is 29.8 Å². The van der Waals surface area contributed by atoms with E-state index in [-0.39, 0.29) is 11.0 Å². The van der Waals surface area contributed by atoms with Crippen molar-refractivity contribution in [2.75, 3.05) is 38.2 Å². The molecule has 1 fully saturated rings. The smallest absolute Gasteiger partial charge is 0.338 e. The summed E-state index contributed by atoms with van der Waals surface area (Å²) in [5.41, 5.74) is 0.689. The van der Waals surface area contributed by atoms with Crippen LogP contribution in [0.25, 0.3) is 0 Å². The second-order valence-electron chi connectivity index (χ2n) is 7.36. The number of amides is 1. The van der Waals surface area contributed by atoms with E-state index in [0.717, 1.165) is 0 Å². The number of sulfonamides is 1. The highest BCUT2D eigenvalue weighted by Gasteiger charge is 2.26. The molecule has 0 unspecified atom stereocenters. The number of morpholine rings is 1. The van der Waals surface area contributed by atoms with Crippen molar-refractivity contribution in [1.29, 1.82) is 0 Å². The van der Waals surface area contributed by atoms with Gasteiger partial charge in [-0.2, -0.15) is 4.31 Å². The first-order chi connectivity index (χ1) is 15.3. The first-order valence-electron chi connectivity index (χ1n) is 10.2. The highest BCUT2D eigenvalue weighted by molar-refractivity contribution is 7.89. The van der Waals surface area contributed by atoms with E-state index < -0.39 is 28.5 Å². The minimum atomic E-state index is -3.61. The van der Waals surface area contributed by atoms with Crippen LogP contribution in [0.4, 0.5) is 5.69 Å². The second-order valence-corrected chi connectivity index (χ2v) is 9.29. The fourth-order valence-electron chi connectivity index (χ4n) is 3.00. The van der Waals surface area contributed by atoms with Crippen LogP contribution < -0.4 is 10.1 Å². The quantitative estimate of drug-likeness (QED) is 0.599. The van der Waals surface area contributed by atoms with Crippen molar-refractivity contribution in [3.8, 4) is 5.75 Å². The number of carbonyl (C=O) groups is 2. The normalized spacial score (nSPS) is 14.7. The van der Waals surface area contributed by atoms with Crippen molar-refractivity contribution < 1.29 is 32.2 Å². The third kappa shape index (κ3) is 6.28. The minimum absolute atomic E-state index is 0.0186. The predicted octanol–water partition coefficient (Wildman–Crippen LogP) is 2.29. The number of anilines is 1. The molecule has 1 heterocycles. The van der Waals surface area contributed by atoms with Crippen molar-refractivity contribution >= 4 is 27.6 Å². The van der Waals surface area contributed by atoms with E-state index in [1.807, 2.05) is 13.8 Å². The van der Waals surface area contributed by atoms with E-state index in [2.05, 4.69) is 5.32 Å². The number of ether oxygens (including phenoxy) is 3. The molecule has 1 aliphatic rings. The Morgan fingerprint density at radius 2 is 1.66 bits per heavy atom. The largest absolute Gasteiger partial charge is 0.491 e. The van der Waals surface area contributed by atoms with Crippen LogP contribution >= 0.6 is 0 Å². The van der Waals surface area contributed by atoms with Crippen LogP contribution in [0.2, 0.25) is 0 Å². The highest BCUT2D eigenvalue weighted by Crippen LogP contribution is 2.19. The van der Waals surface area contributed by atoms with Crippen LogP contribution in [0.15, 0.2) is 53.4 Å². The number of nitrogens with zero attached hydrogens (tertiary/aromatic N) is 1. The van der Waals surface area contributed by atoms with Crippen molar-refractivity contribution in [1.82, 2.24) is 4.31 Å². The average Bonchev–Trinajstić information content (AvgIpc) is 2.78. The summed E-state index contributed by atoms with van der Waals surface area (Å²) in [6.07, 6.45) is 0.0186. The Morgan fingerprint density at radius 3 is 2.25 bits per heavy atom. The number of nitrogens with one attached hydrogen (secondary N) is 1. The first-order valence-corrected chi connectivity index (χ1v) is 11.6. The maximum Gasteiger partial charge on any atom is 0.338 e. The van der Waals surface area contributed by atoms with E-state index in [4.69, 9.17) is 14.2 Å². The molecule has 0 aromatic heterocycles. The van der Waals surface area contributed by atoms with Gasteiger partial charge in [-0.05, 0) is 62.4 Å². The summed E-state index contributed by atoms with van der Waals surface area (Å²) in [6, 6.07) is 12.3. The minimum Gasteiger partial charge on any atom is -0.491 e. The van der Waals surface area contributed by atoms with Gasteiger partial charge in [0.2, 0.25) is 10.0 Å². The van der Waals surface area contributed by atoms with Crippen molar-refractivity contribution in [3.63, 3.8) is 0 Å². The standard InChI is InChI=1S/C22H26N2O7S/c1-16(2)31-19-7-3-17(4-8-19)22(26)30-15-21(25)23-18-5-9-20(10-6-18)32(27,28)24-11-13-29-14-12-24/h3-10,16H,11-15H2,1-2H3,(H,23,25). The molecule has 1 aliphatic heterocycles. The Hall–Kier alpha value is -2.95. The van der Waals surface area contributed by atoms with Gasteiger partial charge >= 0.3 is 5.97 Å². The van der Waals surface area contributed by atoms with Crippen molar-refractivity contribution in [2.45, 2.75) is 24.8 Å². The molecule has 1 N–H and O–H groups in total. The number of hydrogen-bond acceptors (Lipinski definition) is 7. The van der Waals surface area contributed by atoms with E-state index in [0.29, 0.717) is 43.3 Å². The lowest BCUT2D eigenvalue weighted by atomic mass is 10.2. The Bertz CT molecular complexity index is 1030. The molecule has 1 amide bonds. The molecule has 0 atom stereocenters. The molecule has 9 nitrogen and oxygen atoms in total. The van der Waals surface area contributed by atoms with Crippen LogP contribution in [-0.4, -0.2) is 63.6 Å². The van der Waals surface area contributed by atoms with Gasteiger partial charge in [-0.15, -0.1) is 0 Å². The van der Waals surface area contributed by atoms with E-state index in [9.17, 15) is 18.0 Å². The number of benzene rings is 2. The molecule has 0 radical (unpaired) electrons. The Labute approximate surface area is 187 Å². The molecule has 0 aliphatic carbocycles. The third-order valence-electron chi connectivity index (χ3n) is 4.54. The zero-order valence-corrected chi connectivity index (χ0v) is 18.8. The highest BCUT2D eigenvalue weighted by atomic mass is 32.2. The molecular formula is C22H26N2O7S. The molecule has 2 aromatic carbocycles. The zero-order chi connectivity index (χ0) is 23.1. The number of hydrogen-bond donors (Lipinski definition) is 1. The first kappa shape index (κ1) is 23.7. The summed E-state index contributed by atoms with van der Waals surface area (Å²) in [7, 11) is -3.61. The lowest BCUT2D eigenvalue weighted by Gasteiger charge is -2.26. The summed E-state index contributed by atoms with van der Waals surface area (Å²) in [5.74, 6) is -0.543. The van der Waals surface area contributed by atoms with Gasteiger partial charge in [0.25, 0.3) is 5.91 Å². The Kier molecular flexibility index (Phi) is 7.84. The summed E-state index contributed by atoms with van der Waals surface area (Å²) in [5, 5.41) is 2.57. The molecule has 172 valence electrons. The number of carbonyl (C=O) groups excluding carboxylic acids is 2. The molecule has 0 saturated carbocycles. The molecule has 3 rings (SSSR count). The topological polar surface area (TPSA) is 111 Å². The van der Waals surface area contributed by atoms with E-state index in [1.165, 1.54) is 28.6 Å². The maximum absolute atomic E-state index is 12.6. The van der Waals surface area contributed by atoms with Gasteiger partial charge in [-0.3, -0.25) is 4.79 Å². The van der Waals surface area contributed by atoms with Crippen LogP contribution in [0.3, 0.4) is 0 Å². The number of rotatable bonds is 8. The molecule has 0 spiro atoms. The Morgan fingerprint density at radius 1 is 1.03 bits per heavy atom. The molecule has 2 aromatic rings. The van der Waals surface area contributed by atoms with Crippen LogP contribution in [0.1, 0.15) is 24.2 Å². The van der Waals surface area contributed by atoms with Gasteiger partial charge in [-0.1, -0.05) is 0 Å². The third-order valence-corrected chi connectivity index (χ3v) is 6.45. The molecule has 10 heteroatoms. The van der Waals surface area contributed by atoms with Gasteiger partial charge in [0.1, 0.15) is 5.75 Å². The molecular weight excluding hydrogens is 436 g/mol.